The molecule has 1 aromatic heterocycles. The van der Waals surface area contributed by atoms with Crippen molar-refractivity contribution in [2.24, 2.45) is 0 Å². The number of carbonyl (C=O) groups excluding carboxylic acids is 1. The largest absolute Gasteiger partial charge is 0.388 e. The van der Waals surface area contributed by atoms with Crippen molar-refractivity contribution < 1.29 is 14.4 Å². The van der Waals surface area contributed by atoms with Gasteiger partial charge in [-0.15, -0.1) is 0 Å². The van der Waals surface area contributed by atoms with E-state index in [1.165, 1.54) is 18.7 Å². The van der Waals surface area contributed by atoms with Crippen LogP contribution >= 0.6 is 0 Å². The van der Waals surface area contributed by atoms with Gasteiger partial charge >= 0.3 is 0 Å². The van der Waals surface area contributed by atoms with Gasteiger partial charge in [0.2, 0.25) is 5.76 Å². The first kappa shape index (κ1) is 11.1. The summed E-state index contributed by atoms with van der Waals surface area (Å²) in [6.07, 6.45) is 6.14. The molecule has 0 atom stereocenters. The lowest BCUT2D eigenvalue weighted by Crippen LogP contribution is -2.44. The quantitative estimate of drug-likeness (QED) is 0.806. The van der Waals surface area contributed by atoms with Crippen molar-refractivity contribution in [2.75, 3.05) is 6.54 Å². The Hall–Kier alpha value is -1.36. The molecule has 1 aliphatic carbocycles. The lowest BCUT2D eigenvalue weighted by molar-refractivity contribution is 0.00496. The van der Waals surface area contributed by atoms with E-state index in [9.17, 15) is 9.90 Å². The summed E-state index contributed by atoms with van der Waals surface area (Å²) in [6.45, 7) is 0.284. The van der Waals surface area contributed by atoms with Gasteiger partial charge in [-0.2, -0.15) is 0 Å². The predicted molar refractivity (Wildman–Crippen MR) is 56.9 cm³/mol. The first-order valence-corrected chi connectivity index (χ1v) is 5.61. The average Bonchev–Trinajstić information content (AvgIpc) is 2.80. The maximum Gasteiger partial charge on any atom is 0.289 e. The molecule has 0 unspecified atom stereocenters. The number of carbonyl (C=O) groups is 1. The summed E-state index contributed by atoms with van der Waals surface area (Å²) in [5.41, 5.74) is -0.742. The van der Waals surface area contributed by atoms with Gasteiger partial charge in [-0.3, -0.25) is 4.79 Å². The van der Waals surface area contributed by atoms with E-state index in [4.69, 9.17) is 4.52 Å². The lowest BCUT2D eigenvalue weighted by atomic mass is 9.85. The van der Waals surface area contributed by atoms with Crippen LogP contribution in [0.5, 0.6) is 0 Å². The monoisotopic (exact) mass is 224 g/mol. The Morgan fingerprint density at radius 3 is 2.88 bits per heavy atom. The van der Waals surface area contributed by atoms with Gasteiger partial charge in [0.25, 0.3) is 5.91 Å². The normalized spacial score (nSPS) is 19.3. The first-order valence-electron chi connectivity index (χ1n) is 5.61. The molecule has 0 aromatic carbocycles. The van der Waals surface area contributed by atoms with Crippen LogP contribution in [0.4, 0.5) is 0 Å². The Morgan fingerprint density at radius 2 is 2.25 bits per heavy atom. The van der Waals surface area contributed by atoms with Gasteiger partial charge < -0.3 is 14.9 Å². The highest BCUT2D eigenvalue weighted by Crippen LogP contribution is 2.27. The maximum atomic E-state index is 11.5. The highest BCUT2D eigenvalue weighted by molar-refractivity contribution is 5.91. The molecule has 1 fully saturated rings. The molecule has 0 bridgehead atoms. The minimum Gasteiger partial charge on any atom is -0.388 e. The van der Waals surface area contributed by atoms with Gasteiger partial charge in [0.05, 0.1) is 11.8 Å². The van der Waals surface area contributed by atoms with Crippen LogP contribution in [0, 0.1) is 0 Å². The van der Waals surface area contributed by atoms with E-state index in [0.29, 0.717) is 0 Å². The van der Waals surface area contributed by atoms with Crippen molar-refractivity contribution in [3.8, 4) is 0 Å². The molecule has 0 spiro atoms. The number of amides is 1. The van der Waals surface area contributed by atoms with Crippen LogP contribution in [0.1, 0.15) is 42.7 Å². The van der Waals surface area contributed by atoms with Gasteiger partial charge in [-0.05, 0) is 12.8 Å². The Balaban J connectivity index is 1.84. The van der Waals surface area contributed by atoms with E-state index in [1.54, 1.807) is 0 Å². The average molecular weight is 224 g/mol. The first-order chi connectivity index (χ1) is 7.70. The van der Waals surface area contributed by atoms with Crippen molar-refractivity contribution in [1.82, 2.24) is 10.5 Å². The second kappa shape index (κ2) is 4.65. The van der Waals surface area contributed by atoms with E-state index < -0.39 is 5.60 Å². The van der Waals surface area contributed by atoms with Crippen molar-refractivity contribution in [1.29, 1.82) is 0 Å². The smallest absolute Gasteiger partial charge is 0.289 e. The maximum absolute atomic E-state index is 11.5. The molecule has 88 valence electrons. The zero-order chi connectivity index (χ0) is 11.4. The summed E-state index contributed by atoms with van der Waals surface area (Å²) in [5.74, 6) is -0.143. The fourth-order valence-corrected chi connectivity index (χ4v) is 2.05. The number of nitrogens with one attached hydrogen (secondary N) is 1. The number of aromatic nitrogens is 1. The van der Waals surface area contributed by atoms with E-state index in [2.05, 4.69) is 10.5 Å². The fraction of sp³-hybridized carbons (Fsp3) is 0.636. The van der Waals surface area contributed by atoms with Crippen LogP contribution in [-0.2, 0) is 0 Å². The molecule has 1 aliphatic rings. The van der Waals surface area contributed by atoms with E-state index >= 15 is 0 Å². The molecule has 5 nitrogen and oxygen atoms in total. The van der Waals surface area contributed by atoms with Crippen LogP contribution in [0.2, 0.25) is 0 Å². The molecular weight excluding hydrogens is 208 g/mol. The molecule has 1 saturated carbocycles. The molecule has 16 heavy (non-hydrogen) atoms. The molecule has 0 radical (unpaired) electrons. The molecule has 2 rings (SSSR count). The number of aliphatic hydroxyl groups is 1. The zero-order valence-electron chi connectivity index (χ0n) is 9.11. The van der Waals surface area contributed by atoms with Crippen molar-refractivity contribution in [2.45, 2.75) is 37.7 Å². The van der Waals surface area contributed by atoms with Gasteiger partial charge in [0.15, 0.2) is 0 Å². The van der Waals surface area contributed by atoms with Crippen molar-refractivity contribution in [3.05, 3.63) is 18.0 Å². The van der Waals surface area contributed by atoms with Crippen LogP contribution < -0.4 is 5.32 Å². The molecule has 1 aromatic rings. The molecule has 0 aliphatic heterocycles. The second-order valence-corrected chi connectivity index (χ2v) is 4.34. The van der Waals surface area contributed by atoms with Gasteiger partial charge in [0, 0.05) is 12.6 Å². The van der Waals surface area contributed by atoms with E-state index in [1.807, 2.05) is 0 Å². The third-order valence-electron chi connectivity index (χ3n) is 3.02. The zero-order valence-corrected chi connectivity index (χ0v) is 9.11. The van der Waals surface area contributed by atoms with Gasteiger partial charge in [0.1, 0.15) is 0 Å². The fourth-order valence-electron chi connectivity index (χ4n) is 2.05. The summed E-state index contributed by atoms with van der Waals surface area (Å²) in [6, 6.07) is 1.50. The Morgan fingerprint density at radius 1 is 1.50 bits per heavy atom. The van der Waals surface area contributed by atoms with Crippen LogP contribution in [0.15, 0.2) is 16.8 Å². The molecule has 1 heterocycles. The van der Waals surface area contributed by atoms with Crippen LogP contribution in [0.25, 0.3) is 0 Å². The summed E-state index contributed by atoms with van der Waals surface area (Å²) in [4.78, 5) is 11.5. The molecule has 1 amide bonds. The Labute approximate surface area is 93.8 Å². The van der Waals surface area contributed by atoms with Crippen LogP contribution in [0.3, 0.4) is 0 Å². The minimum absolute atomic E-state index is 0.180. The lowest BCUT2D eigenvalue weighted by Gasteiger charge is -2.31. The highest BCUT2D eigenvalue weighted by Gasteiger charge is 2.29. The van der Waals surface area contributed by atoms with E-state index in [0.717, 1.165) is 25.7 Å². The summed E-state index contributed by atoms with van der Waals surface area (Å²) in [5, 5.41) is 16.3. The predicted octanol–water partition coefficient (Wildman–Crippen LogP) is 1.10. The van der Waals surface area contributed by atoms with Crippen molar-refractivity contribution in [3.63, 3.8) is 0 Å². The molecule has 5 heteroatoms. The SMILES string of the molecule is O=C(NCC1(O)CCCCC1)c1ccno1. The molecular formula is C11H16N2O3. The Kier molecular flexibility index (Phi) is 3.24. The minimum atomic E-state index is -0.742. The topological polar surface area (TPSA) is 75.4 Å². The van der Waals surface area contributed by atoms with Gasteiger partial charge in [-0.1, -0.05) is 24.4 Å². The molecule has 2 N–H and O–H groups in total. The summed E-state index contributed by atoms with van der Waals surface area (Å²) >= 11 is 0. The Bertz CT molecular complexity index is 342. The van der Waals surface area contributed by atoms with Crippen LogP contribution in [-0.4, -0.2) is 28.3 Å². The van der Waals surface area contributed by atoms with E-state index in [-0.39, 0.29) is 18.2 Å². The third kappa shape index (κ3) is 2.61. The number of nitrogens with zero attached hydrogens (tertiary/aromatic N) is 1. The standard InChI is InChI=1S/C11H16N2O3/c14-10(9-4-7-13-16-9)12-8-11(15)5-2-1-3-6-11/h4,7,15H,1-3,5-6,8H2,(H,12,14). The third-order valence-corrected chi connectivity index (χ3v) is 3.02. The highest BCUT2D eigenvalue weighted by atomic mass is 16.5. The number of hydrogen-bond acceptors (Lipinski definition) is 4. The van der Waals surface area contributed by atoms with Crippen molar-refractivity contribution >= 4 is 5.91 Å². The summed E-state index contributed by atoms with van der Waals surface area (Å²) in [7, 11) is 0. The number of hydrogen-bond donors (Lipinski definition) is 2. The molecule has 0 saturated heterocycles. The number of rotatable bonds is 3. The second-order valence-electron chi connectivity index (χ2n) is 4.34. The summed E-state index contributed by atoms with van der Waals surface area (Å²) < 4.78 is 4.72. The van der Waals surface area contributed by atoms with Gasteiger partial charge in [-0.25, -0.2) is 0 Å².